The first-order valence-electron chi connectivity index (χ1n) is 8.23. The Morgan fingerprint density at radius 2 is 2.12 bits per heavy atom. The molecule has 0 bridgehead atoms. The van der Waals surface area contributed by atoms with Crippen molar-refractivity contribution in [3.63, 3.8) is 0 Å². The average molecular weight is 396 g/mol. The second-order valence-electron chi connectivity index (χ2n) is 6.75. The molecule has 0 radical (unpaired) electrons. The molecule has 4 N–H and O–H groups in total. The molecule has 2 aliphatic rings. The summed E-state index contributed by atoms with van der Waals surface area (Å²) in [7, 11) is 0. The Hall–Kier alpha value is -1.21. The lowest BCUT2D eigenvalue weighted by molar-refractivity contribution is 0.122. The van der Waals surface area contributed by atoms with E-state index in [0.717, 1.165) is 36.6 Å². The Morgan fingerprint density at radius 1 is 1.28 bits per heavy atom. The van der Waals surface area contributed by atoms with E-state index in [0.29, 0.717) is 26.9 Å². The first-order chi connectivity index (χ1) is 12.0. The summed E-state index contributed by atoms with van der Waals surface area (Å²) in [5, 5.41) is 1.64. The van der Waals surface area contributed by atoms with Crippen LogP contribution in [-0.4, -0.2) is 29.1 Å². The van der Waals surface area contributed by atoms with Crippen LogP contribution in [0.15, 0.2) is 34.3 Å². The van der Waals surface area contributed by atoms with Gasteiger partial charge < -0.3 is 16.4 Å². The van der Waals surface area contributed by atoms with Crippen molar-refractivity contribution in [2.75, 3.05) is 23.7 Å². The largest absolute Gasteiger partial charge is 0.381 e. The molecule has 2 heterocycles. The molecule has 1 spiro atoms. The highest BCUT2D eigenvalue weighted by atomic mass is 35.5. The van der Waals surface area contributed by atoms with E-state index in [9.17, 15) is 0 Å². The van der Waals surface area contributed by atoms with Crippen molar-refractivity contribution in [1.29, 1.82) is 0 Å². The summed E-state index contributed by atoms with van der Waals surface area (Å²) in [4.78, 5) is 12.1. The zero-order chi connectivity index (χ0) is 17.6. The lowest BCUT2D eigenvalue weighted by atomic mass is 9.64. The molecule has 1 aromatic heterocycles. The third-order valence-electron chi connectivity index (χ3n) is 5.32. The maximum absolute atomic E-state index is 6.24. The van der Waals surface area contributed by atoms with Crippen molar-refractivity contribution in [3.05, 3.63) is 34.4 Å². The first kappa shape index (κ1) is 17.2. The van der Waals surface area contributed by atoms with Crippen LogP contribution >= 0.6 is 35.0 Å². The minimum atomic E-state index is 0.262. The van der Waals surface area contributed by atoms with Crippen molar-refractivity contribution in [3.8, 4) is 0 Å². The molecule has 2 fully saturated rings. The maximum Gasteiger partial charge on any atom is 0.158 e. The summed E-state index contributed by atoms with van der Waals surface area (Å²) in [6, 6.07) is 5.79. The number of hydrogen-bond acceptors (Lipinski definition) is 6. The van der Waals surface area contributed by atoms with Crippen LogP contribution in [0.4, 0.5) is 11.6 Å². The third-order valence-corrected chi connectivity index (χ3v) is 7.32. The van der Waals surface area contributed by atoms with Gasteiger partial charge in [0.25, 0.3) is 0 Å². The molecular formula is C17H19Cl2N5S. The molecule has 25 heavy (non-hydrogen) atoms. The van der Waals surface area contributed by atoms with Gasteiger partial charge in [-0.1, -0.05) is 41.0 Å². The van der Waals surface area contributed by atoms with E-state index >= 15 is 0 Å². The van der Waals surface area contributed by atoms with Crippen LogP contribution in [0.5, 0.6) is 0 Å². The highest BCUT2D eigenvalue weighted by Gasteiger charge is 2.49. The highest BCUT2D eigenvalue weighted by Crippen LogP contribution is 2.48. The normalized spacial score (nSPS) is 25.4. The SMILES string of the molecule is Nc1nc(N2CC[C@]3(CC[C@@H]3N)C2)cnc1Sc1cccc(Cl)c1Cl. The summed E-state index contributed by atoms with van der Waals surface area (Å²) in [5.41, 5.74) is 12.6. The summed E-state index contributed by atoms with van der Waals surface area (Å²) in [6.45, 7) is 1.89. The van der Waals surface area contributed by atoms with Crippen molar-refractivity contribution < 1.29 is 0 Å². The molecule has 0 amide bonds. The zero-order valence-electron chi connectivity index (χ0n) is 13.6. The van der Waals surface area contributed by atoms with Crippen LogP contribution in [0.2, 0.25) is 10.0 Å². The molecule has 1 aromatic carbocycles. The second kappa shape index (κ2) is 6.50. The topological polar surface area (TPSA) is 81.1 Å². The van der Waals surface area contributed by atoms with E-state index in [1.165, 1.54) is 18.2 Å². The molecule has 4 rings (SSSR count). The monoisotopic (exact) mass is 395 g/mol. The van der Waals surface area contributed by atoms with Crippen molar-refractivity contribution in [1.82, 2.24) is 9.97 Å². The molecule has 132 valence electrons. The van der Waals surface area contributed by atoms with E-state index in [-0.39, 0.29) is 5.41 Å². The number of anilines is 2. The van der Waals surface area contributed by atoms with Crippen molar-refractivity contribution >= 4 is 46.6 Å². The van der Waals surface area contributed by atoms with Gasteiger partial charge in [-0.05, 0) is 31.4 Å². The Balaban J connectivity index is 1.52. The minimum Gasteiger partial charge on any atom is -0.381 e. The van der Waals surface area contributed by atoms with E-state index < -0.39 is 0 Å². The number of halogens is 2. The molecule has 1 saturated carbocycles. The average Bonchev–Trinajstić information content (AvgIpc) is 3.07. The van der Waals surface area contributed by atoms with E-state index in [1.807, 2.05) is 12.1 Å². The number of nitrogen functional groups attached to an aromatic ring is 1. The Labute approximate surface area is 161 Å². The second-order valence-corrected chi connectivity index (χ2v) is 8.57. The molecule has 1 aliphatic heterocycles. The van der Waals surface area contributed by atoms with Gasteiger partial charge in [0.15, 0.2) is 5.82 Å². The summed E-state index contributed by atoms with van der Waals surface area (Å²) >= 11 is 13.7. The molecule has 0 unspecified atom stereocenters. The number of rotatable bonds is 3. The van der Waals surface area contributed by atoms with Crippen LogP contribution in [0.3, 0.4) is 0 Å². The number of nitrogens with zero attached hydrogens (tertiary/aromatic N) is 3. The van der Waals surface area contributed by atoms with Gasteiger partial charge in [-0.25, -0.2) is 9.97 Å². The lowest BCUT2D eigenvalue weighted by Gasteiger charge is -2.44. The lowest BCUT2D eigenvalue weighted by Crippen LogP contribution is -2.52. The predicted octanol–water partition coefficient (Wildman–Crippen LogP) is 3.83. The van der Waals surface area contributed by atoms with Crippen LogP contribution in [-0.2, 0) is 0 Å². The third kappa shape index (κ3) is 3.05. The summed E-state index contributed by atoms with van der Waals surface area (Å²) in [6.07, 6.45) is 5.22. The molecule has 5 nitrogen and oxygen atoms in total. The standard InChI is InChI=1S/C17H19Cl2N5S/c18-10-2-1-3-11(14(10)19)25-16-15(21)23-13(8-22-16)24-7-6-17(9-24)5-4-12(17)20/h1-3,8,12H,4-7,9,20H2,(H2,21,23)/t12-,17+/m0/s1. The number of nitrogens with two attached hydrogens (primary N) is 2. The number of benzene rings is 1. The fourth-order valence-corrected chi connectivity index (χ4v) is 4.88. The van der Waals surface area contributed by atoms with Gasteiger partial charge in [-0.2, -0.15) is 0 Å². The van der Waals surface area contributed by atoms with Gasteiger partial charge in [0.1, 0.15) is 10.8 Å². The van der Waals surface area contributed by atoms with Crippen molar-refractivity contribution in [2.24, 2.45) is 11.1 Å². The highest BCUT2D eigenvalue weighted by molar-refractivity contribution is 7.99. The van der Waals surface area contributed by atoms with E-state index in [1.54, 1.807) is 12.3 Å². The summed E-state index contributed by atoms with van der Waals surface area (Å²) < 4.78 is 0. The molecular weight excluding hydrogens is 377 g/mol. The predicted molar refractivity (Wildman–Crippen MR) is 104 cm³/mol. The number of aromatic nitrogens is 2. The minimum absolute atomic E-state index is 0.262. The van der Waals surface area contributed by atoms with E-state index in [2.05, 4.69) is 14.9 Å². The molecule has 8 heteroatoms. The van der Waals surface area contributed by atoms with Crippen LogP contribution < -0.4 is 16.4 Å². The smallest absolute Gasteiger partial charge is 0.158 e. The van der Waals surface area contributed by atoms with Gasteiger partial charge >= 0.3 is 0 Å². The fraction of sp³-hybridized carbons (Fsp3) is 0.412. The van der Waals surface area contributed by atoms with Crippen molar-refractivity contribution in [2.45, 2.75) is 35.2 Å². The van der Waals surface area contributed by atoms with Crippen LogP contribution in [0.1, 0.15) is 19.3 Å². The van der Waals surface area contributed by atoms with Gasteiger partial charge in [0.2, 0.25) is 0 Å². The Morgan fingerprint density at radius 3 is 2.76 bits per heavy atom. The number of hydrogen-bond donors (Lipinski definition) is 2. The fourth-order valence-electron chi connectivity index (χ4n) is 3.60. The Bertz CT molecular complexity index is 818. The Kier molecular flexibility index (Phi) is 4.48. The van der Waals surface area contributed by atoms with Gasteiger partial charge in [0.05, 0.1) is 16.2 Å². The van der Waals surface area contributed by atoms with Crippen LogP contribution in [0, 0.1) is 5.41 Å². The first-order valence-corrected chi connectivity index (χ1v) is 9.81. The molecule has 2 atom stereocenters. The molecule has 2 aromatic rings. The van der Waals surface area contributed by atoms with Gasteiger partial charge in [-0.15, -0.1) is 0 Å². The quantitative estimate of drug-likeness (QED) is 0.821. The van der Waals surface area contributed by atoms with Crippen LogP contribution in [0.25, 0.3) is 0 Å². The van der Waals surface area contributed by atoms with Gasteiger partial charge in [-0.3, -0.25) is 0 Å². The van der Waals surface area contributed by atoms with E-state index in [4.69, 9.17) is 34.7 Å². The molecule has 1 saturated heterocycles. The zero-order valence-corrected chi connectivity index (χ0v) is 15.9. The summed E-state index contributed by atoms with van der Waals surface area (Å²) in [5.74, 6) is 1.22. The maximum atomic E-state index is 6.24. The molecule has 1 aliphatic carbocycles. The van der Waals surface area contributed by atoms with Gasteiger partial charge in [0, 0.05) is 29.4 Å².